The minimum atomic E-state index is -2.02. The number of hydrogen-bond acceptors (Lipinski definition) is 14. The molecule has 9 N–H and O–H groups in total. The van der Waals surface area contributed by atoms with Gasteiger partial charge in [-0.15, -0.1) is 0 Å². The van der Waals surface area contributed by atoms with Crippen molar-refractivity contribution in [2.45, 2.75) is 163 Å². The highest BCUT2D eigenvalue weighted by Crippen LogP contribution is 2.76. The van der Waals surface area contributed by atoms with E-state index in [1.165, 1.54) is 10.8 Å². The number of carbonyl (C=O) groups is 2. The van der Waals surface area contributed by atoms with Gasteiger partial charge in [-0.2, -0.15) is 0 Å². The highest BCUT2D eigenvalue weighted by molar-refractivity contribution is 8.77. The van der Waals surface area contributed by atoms with E-state index in [1.807, 2.05) is 19.1 Å². The zero-order valence-electron chi connectivity index (χ0n) is 40.1. The first kappa shape index (κ1) is 49.6. The van der Waals surface area contributed by atoms with E-state index in [0.717, 1.165) is 22.8 Å². The average Bonchev–Trinajstić information content (AvgIpc) is 3.99. The van der Waals surface area contributed by atoms with Gasteiger partial charge >= 0.3 is 0 Å². The van der Waals surface area contributed by atoms with E-state index in [1.54, 1.807) is 23.1 Å². The van der Waals surface area contributed by atoms with E-state index in [0.29, 0.717) is 87.9 Å². The average molecular weight is 982 g/mol. The predicted octanol–water partition coefficient (Wildman–Crippen LogP) is 5.21. The zero-order valence-corrected chi connectivity index (χ0v) is 41.8. The summed E-state index contributed by atoms with van der Waals surface area (Å²) in [6, 6.07) is 5.28. The molecule has 5 aliphatic heterocycles. The van der Waals surface area contributed by atoms with Crippen molar-refractivity contribution in [3.05, 3.63) is 47.6 Å². The van der Waals surface area contributed by atoms with Crippen LogP contribution in [-0.4, -0.2) is 130 Å². The summed E-state index contributed by atoms with van der Waals surface area (Å²) in [4.78, 5) is 32.9. The molecule has 1 amide bonds. The Hall–Kier alpha value is -2.02. The Morgan fingerprint density at radius 3 is 2.47 bits per heavy atom. The summed E-state index contributed by atoms with van der Waals surface area (Å²) in [5.74, 6) is -2.24. The molecule has 2 saturated heterocycles. The van der Waals surface area contributed by atoms with E-state index in [-0.39, 0.29) is 79.2 Å². The van der Waals surface area contributed by atoms with Crippen molar-refractivity contribution in [3.8, 4) is 5.75 Å². The molecule has 0 radical (unpaired) electrons. The fourth-order valence-corrected chi connectivity index (χ4v) is 20.5. The molecule has 12 rings (SSSR count). The van der Waals surface area contributed by atoms with Gasteiger partial charge in [0.15, 0.2) is 5.78 Å². The number of hydrogen-bond donors (Lipinski definition) is 9. The largest absolute Gasteiger partial charge is 0.508 e. The Bertz CT molecular complexity index is 2230. The molecule has 11 aliphatic rings. The van der Waals surface area contributed by atoms with Crippen molar-refractivity contribution < 1.29 is 60.3 Å². The number of carbonyl (C=O) groups excluding carboxylic acids is 2. The number of amides is 1. The van der Waals surface area contributed by atoms with Crippen LogP contribution in [0.1, 0.15) is 117 Å². The fourth-order valence-electron chi connectivity index (χ4n) is 16.9. The number of aliphatic hydroxyl groups excluding tert-OH is 5. The molecule has 68 heavy (non-hydrogen) atoms. The molecular weight excluding hydrogens is 907 g/mol. The Balaban J connectivity index is 1.18. The number of benzene rings is 1. The van der Waals surface area contributed by atoms with E-state index < -0.39 is 80.3 Å². The molecule has 0 aromatic heterocycles. The van der Waals surface area contributed by atoms with Crippen LogP contribution in [0, 0.1) is 63.1 Å². The lowest BCUT2D eigenvalue weighted by Crippen LogP contribution is -2.72. The number of fused-ring (bicyclic) bond motifs is 1. The highest BCUT2D eigenvalue weighted by atomic mass is 33.1. The Labute approximate surface area is 408 Å². The number of aryl methyl sites for hydroxylation is 1. The number of phenols is 1. The standard InChI is InChI=1S/C53H75NO12S2/c1-29(2)30(3)43-44(66-43)52(64)14-6-9-32-22-37-38-24-41(59)51(25-42(60)48(63,28-57)27-47(37,51)4)46(62)68-67-39(11-7-19-55)36-10-5-8-33(26-56)49(36)17-18-54(45(49)61)34-20-31(21-35(58)23-34)12-15-50(32)40(52)13-16-53(38,50)65/h6,9,20-21,23-24,29-30,32-33,36-37,39-40,42-44,46,55-58,60,62-65H,5,7-8,10-19,22,25-28H2,1-4H3/t30-,32-,33+,36-,37+,39-,40+,42-,43+,44-,46-,47-,48-,49-,50-,51+,52-,53-/m1/s1. The van der Waals surface area contributed by atoms with Crippen LogP contribution in [0.3, 0.4) is 0 Å². The monoisotopic (exact) mass is 981 g/mol. The SMILES string of the molecule is CC(C)[C@@H](C)[C@@H]1O[C@H]1[C@@]1(O)CC=C[C@@H]2C[C@H]3C4=CC(=O)[C@@]5(C[C@@H](O)[C@](O)(CO)C[C@]35C)[C@H](O)SS[C@H](CCCO)[C@H]3CCC[C@@H](CO)[C@]35CCN(C5=O)c3cc(O)cc(c3)CC[C@]23[C@@H]1CC[C@@]43O. The summed E-state index contributed by atoms with van der Waals surface area (Å²) in [6.45, 7) is 7.62. The predicted molar refractivity (Wildman–Crippen MR) is 259 cm³/mol. The first-order valence-corrected chi connectivity index (χ1v) is 28.0. The van der Waals surface area contributed by atoms with Gasteiger partial charge in [0.2, 0.25) is 5.91 Å². The van der Waals surface area contributed by atoms with Crippen LogP contribution in [0.2, 0.25) is 0 Å². The van der Waals surface area contributed by atoms with Crippen molar-refractivity contribution in [3.63, 3.8) is 0 Å². The number of aliphatic hydroxyl groups is 8. The number of allylic oxidation sites excluding steroid dienone is 2. The summed E-state index contributed by atoms with van der Waals surface area (Å²) in [5.41, 5.74) is -9.76. The molecular formula is C53H75NO12S2. The van der Waals surface area contributed by atoms with Gasteiger partial charge in [0.05, 0.1) is 35.2 Å². The molecule has 3 spiro atoms. The maximum absolute atomic E-state index is 15.7. The van der Waals surface area contributed by atoms with Gasteiger partial charge in [-0.25, -0.2) is 0 Å². The number of epoxide rings is 1. The minimum Gasteiger partial charge on any atom is -0.508 e. The quantitative estimate of drug-likeness (QED) is 0.0926. The molecule has 5 heterocycles. The third kappa shape index (κ3) is 6.74. The first-order valence-electron chi connectivity index (χ1n) is 25.7. The van der Waals surface area contributed by atoms with Gasteiger partial charge in [0.25, 0.3) is 0 Å². The van der Waals surface area contributed by atoms with Crippen LogP contribution in [0.25, 0.3) is 0 Å². The van der Waals surface area contributed by atoms with Crippen LogP contribution in [-0.2, 0) is 20.7 Å². The third-order valence-corrected chi connectivity index (χ3v) is 23.9. The lowest BCUT2D eigenvalue weighted by Gasteiger charge is -2.68. The molecule has 1 aromatic rings. The third-order valence-electron chi connectivity index (χ3n) is 20.8. The maximum Gasteiger partial charge on any atom is 0.233 e. The summed E-state index contributed by atoms with van der Waals surface area (Å²) < 4.78 is 6.48. The summed E-state index contributed by atoms with van der Waals surface area (Å²) in [6.07, 6.45) is 8.41. The van der Waals surface area contributed by atoms with Crippen LogP contribution >= 0.6 is 21.6 Å². The highest BCUT2D eigenvalue weighted by Gasteiger charge is 2.79. The topological polar surface area (TPSA) is 232 Å². The van der Waals surface area contributed by atoms with Gasteiger partial charge in [-0.3, -0.25) is 9.59 Å². The molecule has 4 saturated carbocycles. The van der Waals surface area contributed by atoms with Crippen molar-refractivity contribution >= 4 is 39.0 Å². The summed E-state index contributed by atoms with van der Waals surface area (Å²) >= 11 is 0. The van der Waals surface area contributed by atoms with Gasteiger partial charge < -0.3 is 55.6 Å². The second-order valence-electron chi connectivity index (χ2n) is 23.6. The smallest absolute Gasteiger partial charge is 0.233 e. The normalized spacial score (nSPS) is 48.0. The second kappa shape index (κ2) is 17.3. The van der Waals surface area contributed by atoms with Crippen molar-refractivity contribution in [1.82, 2.24) is 0 Å². The maximum atomic E-state index is 15.7. The molecule has 0 unspecified atom stereocenters. The minimum absolute atomic E-state index is 0.00730. The number of phenolic OH excluding ortho intramolecular Hbond substituents is 1. The van der Waals surface area contributed by atoms with E-state index in [4.69, 9.17) is 4.74 Å². The Morgan fingerprint density at radius 1 is 0.971 bits per heavy atom. The summed E-state index contributed by atoms with van der Waals surface area (Å²) in [5, 5.41) is 108. The molecule has 6 aliphatic carbocycles. The van der Waals surface area contributed by atoms with Gasteiger partial charge in [0, 0.05) is 48.1 Å². The molecule has 8 bridgehead atoms. The number of ketones is 1. The van der Waals surface area contributed by atoms with Crippen LogP contribution in [0.15, 0.2) is 42.0 Å². The van der Waals surface area contributed by atoms with Crippen LogP contribution in [0.5, 0.6) is 5.75 Å². The number of nitrogens with zero attached hydrogens (tertiary/aromatic N) is 1. The lowest BCUT2D eigenvalue weighted by molar-refractivity contribution is -0.235. The van der Waals surface area contributed by atoms with Crippen molar-refractivity contribution in [1.29, 1.82) is 0 Å². The molecule has 13 nitrogen and oxygen atoms in total. The number of aromatic hydroxyl groups is 1. The lowest BCUT2D eigenvalue weighted by atomic mass is 9.38. The molecule has 1 aromatic carbocycles. The van der Waals surface area contributed by atoms with Crippen LogP contribution in [0.4, 0.5) is 5.69 Å². The van der Waals surface area contributed by atoms with Gasteiger partial charge in [-0.1, -0.05) is 67.9 Å². The fraction of sp³-hybridized carbons (Fsp3) is 0.774. The van der Waals surface area contributed by atoms with E-state index in [2.05, 4.69) is 26.8 Å². The Kier molecular flexibility index (Phi) is 12.6. The first-order chi connectivity index (χ1) is 32.3. The second-order valence-corrected chi connectivity index (χ2v) is 26.2. The number of anilines is 1. The molecule has 18 atom stereocenters. The Morgan fingerprint density at radius 2 is 1.75 bits per heavy atom. The zero-order chi connectivity index (χ0) is 48.6. The van der Waals surface area contributed by atoms with Crippen molar-refractivity contribution in [2.24, 2.45) is 63.1 Å². The number of rotatable bonds is 8. The number of ether oxygens (including phenoxy) is 1. The van der Waals surface area contributed by atoms with Gasteiger partial charge in [0.1, 0.15) is 28.5 Å². The molecule has 6 fully saturated rings. The van der Waals surface area contributed by atoms with Crippen LogP contribution < -0.4 is 4.90 Å². The van der Waals surface area contributed by atoms with Gasteiger partial charge in [-0.05, 0) is 154 Å². The molecule has 15 heteroatoms. The van der Waals surface area contributed by atoms with Crippen molar-refractivity contribution in [2.75, 3.05) is 31.3 Å². The molecule has 376 valence electrons. The van der Waals surface area contributed by atoms with E-state index >= 15 is 9.59 Å². The summed E-state index contributed by atoms with van der Waals surface area (Å²) in [7, 11) is 2.51. The van der Waals surface area contributed by atoms with E-state index in [9.17, 15) is 46.0 Å².